The van der Waals surface area contributed by atoms with Crippen LogP contribution in [0.3, 0.4) is 0 Å². The van der Waals surface area contributed by atoms with Gasteiger partial charge >= 0.3 is 5.97 Å². The lowest BCUT2D eigenvalue weighted by Gasteiger charge is -2.33. The average Bonchev–Trinajstić information content (AvgIpc) is 3.20. The fourth-order valence-corrected chi connectivity index (χ4v) is 3.62. The van der Waals surface area contributed by atoms with E-state index >= 15 is 0 Å². The van der Waals surface area contributed by atoms with E-state index in [4.69, 9.17) is 4.74 Å². The largest absolute Gasteiger partial charge is 0.449 e. The van der Waals surface area contributed by atoms with Crippen LogP contribution in [0.5, 0.6) is 0 Å². The van der Waals surface area contributed by atoms with Gasteiger partial charge in [0.15, 0.2) is 6.10 Å². The molecule has 150 valence electrons. The van der Waals surface area contributed by atoms with E-state index in [1.54, 1.807) is 18.2 Å². The summed E-state index contributed by atoms with van der Waals surface area (Å²) in [5.41, 5.74) is 2.08. The fourth-order valence-electron chi connectivity index (χ4n) is 3.62. The molecule has 2 aromatic carbocycles. The zero-order valence-electron chi connectivity index (χ0n) is 15.8. The van der Waals surface area contributed by atoms with Crippen molar-refractivity contribution >= 4 is 34.8 Å². The summed E-state index contributed by atoms with van der Waals surface area (Å²) in [7, 11) is 0. The molecule has 0 unspecified atom stereocenters. The van der Waals surface area contributed by atoms with Gasteiger partial charge in [-0.2, -0.15) is 0 Å². The molecule has 0 saturated carbocycles. The Morgan fingerprint density at radius 3 is 2.76 bits per heavy atom. The van der Waals surface area contributed by atoms with Crippen molar-refractivity contribution in [2.75, 3.05) is 22.1 Å². The van der Waals surface area contributed by atoms with Crippen LogP contribution in [0.4, 0.5) is 21.5 Å². The van der Waals surface area contributed by atoms with Gasteiger partial charge in [-0.15, -0.1) is 0 Å². The van der Waals surface area contributed by atoms with Gasteiger partial charge in [-0.1, -0.05) is 0 Å². The molecule has 0 spiro atoms. The normalized spacial score (nSPS) is 18.3. The van der Waals surface area contributed by atoms with Crippen molar-refractivity contribution in [2.24, 2.45) is 0 Å². The van der Waals surface area contributed by atoms with Crippen LogP contribution >= 0.6 is 0 Å². The van der Waals surface area contributed by atoms with Crippen LogP contribution in [0, 0.1) is 5.82 Å². The summed E-state index contributed by atoms with van der Waals surface area (Å²) < 4.78 is 18.2. The Morgan fingerprint density at radius 1 is 1.24 bits per heavy atom. The molecule has 1 fully saturated rings. The molecule has 0 aromatic heterocycles. The van der Waals surface area contributed by atoms with Gasteiger partial charge in [-0.05, 0) is 62.2 Å². The lowest BCUT2D eigenvalue weighted by Crippen LogP contribution is -2.43. The Morgan fingerprint density at radius 2 is 2.00 bits per heavy atom. The van der Waals surface area contributed by atoms with E-state index in [-0.39, 0.29) is 17.5 Å². The predicted octanol–water partition coefficient (Wildman–Crippen LogP) is 2.93. The summed E-state index contributed by atoms with van der Waals surface area (Å²) in [5.74, 6) is -1.70. The molecule has 0 bridgehead atoms. The Bertz CT molecular complexity index is 976. The second kappa shape index (κ2) is 7.54. The second-order valence-electron chi connectivity index (χ2n) is 7.12. The first-order valence-corrected chi connectivity index (χ1v) is 9.41. The quantitative estimate of drug-likeness (QED) is 0.775. The Hall–Kier alpha value is -3.42. The Balaban J connectivity index is 1.43. The number of hydrogen-bond donors (Lipinski definition) is 2. The summed E-state index contributed by atoms with van der Waals surface area (Å²) in [6.07, 6.45) is 0.707. The SMILES string of the molecule is C[C@H](OC(=O)c1ccc2c(c1)NC(=O)[C@@H]1CCCN21)C(=O)Nc1ccc(F)cc1. The molecule has 8 heteroatoms. The highest BCUT2D eigenvalue weighted by molar-refractivity contribution is 6.05. The monoisotopic (exact) mass is 397 g/mol. The van der Waals surface area contributed by atoms with E-state index in [1.807, 2.05) is 4.90 Å². The third kappa shape index (κ3) is 3.78. The number of nitrogens with one attached hydrogen (secondary N) is 2. The van der Waals surface area contributed by atoms with E-state index in [2.05, 4.69) is 10.6 Å². The highest BCUT2D eigenvalue weighted by Crippen LogP contribution is 2.37. The molecular formula is C21H20FN3O4. The number of anilines is 3. The zero-order valence-corrected chi connectivity index (χ0v) is 15.8. The van der Waals surface area contributed by atoms with Crippen LogP contribution in [0.1, 0.15) is 30.1 Å². The standard InChI is InChI=1S/C21H20FN3O4/c1-12(19(26)23-15-7-5-14(22)6-8-15)29-21(28)13-4-9-17-16(11-13)24-20(27)18-3-2-10-25(17)18/h4-9,11-12,18H,2-3,10H2,1H3,(H,23,26)(H,24,27)/t12-,18-/m0/s1. The summed E-state index contributed by atoms with van der Waals surface area (Å²) in [6.45, 7) is 2.25. The van der Waals surface area contributed by atoms with Gasteiger partial charge in [0.1, 0.15) is 11.9 Å². The molecule has 2 amide bonds. The predicted molar refractivity (Wildman–Crippen MR) is 105 cm³/mol. The highest BCUT2D eigenvalue weighted by atomic mass is 19.1. The number of ether oxygens (including phenoxy) is 1. The molecule has 1 saturated heterocycles. The fraction of sp³-hybridized carbons (Fsp3) is 0.286. The van der Waals surface area contributed by atoms with E-state index in [0.29, 0.717) is 11.4 Å². The average molecular weight is 397 g/mol. The van der Waals surface area contributed by atoms with E-state index in [9.17, 15) is 18.8 Å². The van der Waals surface area contributed by atoms with Gasteiger partial charge in [-0.3, -0.25) is 9.59 Å². The van der Waals surface area contributed by atoms with E-state index < -0.39 is 23.8 Å². The van der Waals surface area contributed by atoms with Crippen LogP contribution in [0.15, 0.2) is 42.5 Å². The molecular weight excluding hydrogens is 377 g/mol. The van der Waals surface area contributed by atoms with Gasteiger partial charge in [0.2, 0.25) is 5.91 Å². The number of fused-ring (bicyclic) bond motifs is 3. The number of rotatable bonds is 4. The summed E-state index contributed by atoms with van der Waals surface area (Å²) in [4.78, 5) is 39.0. The van der Waals surface area contributed by atoms with Gasteiger partial charge in [0.05, 0.1) is 16.9 Å². The van der Waals surface area contributed by atoms with Gasteiger partial charge in [0.25, 0.3) is 5.91 Å². The van der Waals surface area contributed by atoms with E-state index in [1.165, 1.54) is 31.2 Å². The van der Waals surface area contributed by atoms with E-state index in [0.717, 1.165) is 25.1 Å². The molecule has 2 N–H and O–H groups in total. The third-order valence-corrected chi connectivity index (χ3v) is 5.12. The summed E-state index contributed by atoms with van der Waals surface area (Å²) in [6, 6.07) is 10.1. The number of hydrogen-bond acceptors (Lipinski definition) is 5. The molecule has 2 aliphatic heterocycles. The third-order valence-electron chi connectivity index (χ3n) is 5.12. The van der Waals surface area contributed by atoms with Gasteiger partial charge in [-0.25, -0.2) is 9.18 Å². The highest BCUT2D eigenvalue weighted by Gasteiger charge is 2.36. The molecule has 0 aliphatic carbocycles. The Labute approximate surface area is 166 Å². The minimum Gasteiger partial charge on any atom is -0.449 e. The minimum atomic E-state index is -1.05. The molecule has 7 nitrogen and oxygen atoms in total. The van der Waals surface area contributed by atoms with Crippen LogP contribution in [0.2, 0.25) is 0 Å². The summed E-state index contributed by atoms with van der Waals surface area (Å²) in [5, 5.41) is 5.40. The number of halogens is 1. The first-order chi connectivity index (χ1) is 13.9. The molecule has 29 heavy (non-hydrogen) atoms. The molecule has 2 aliphatic rings. The molecule has 2 atom stereocenters. The molecule has 2 aromatic rings. The van der Waals surface area contributed by atoms with Crippen LogP contribution in [0.25, 0.3) is 0 Å². The van der Waals surface area contributed by atoms with Crippen LogP contribution in [-0.4, -0.2) is 36.5 Å². The topological polar surface area (TPSA) is 87.7 Å². The molecule has 0 radical (unpaired) electrons. The number of amides is 2. The Kier molecular flexibility index (Phi) is 4.92. The first kappa shape index (κ1) is 18.9. The second-order valence-corrected chi connectivity index (χ2v) is 7.12. The maximum Gasteiger partial charge on any atom is 0.338 e. The van der Waals surface area contributed by atoms with Crippen molar-refractivity contribution in [3.63, 3.8) is 0 Å². The molecule has 4 rings (SSSR count). The number of benzene rings is 2. The number of carbonyl (C=O) groups excluding carboxylic acids is 3. The molecule has 2 heterocycles. The minimum absolute atomic E-state index is 0.0763. The lowest BCUT2D eigenvalue weighted by molar-refractivity contribution is -0.123. The summed E-state index contributed by atoms with van der Waals surface area (Å²) >= 11 is 0. The van der Waals surface area contributed by atoms with Crippen LogP contribution in [-0.2, 0) is 14.3 Å². The maximum absolute atomic E-state index is 12.9. The van der Waals surface area contributed by atoms with Crippen molar-refractivity contribution in [1.29, 1.82) is 0 Å². The zero-order chi connectivity index (χ0) is 20.5. The van der Waals surface area contributed by atoms with Crippen molar-refractivity contribution in [2.45, 2.75) is 31.9 Å². The number of nitrogens with zero attached hydrogens (tertiary/aromatic N) is 1. The van der Waals surface area contributed by atoms with Crippen molar-refractivity contribution in [1.82, 2.24) is 0 Å². The van der Waals surface area contributed by atoms with Crippen molar-refractivity contribution < 1.29 is 23.5 Å². The lowest BCUT2D eigenvalue weighted by atomic mass is 10.1. The number of esters is 1. The van der Waals surface area contributed by atoms with Gasteiger partial charge < -0.3 is 20.3 Å². The first-order valence-electron chi connectivity index (χ1n) is 9.41. The van der Waals surface area contributed by atoms with Crippen molar-refractivity contribution in [3.8, 4) is 0 Å². The van der Waals surface area contributed by atoms with Crippen molar-refractivity contribution in [3.05, 3.63) is 53.8 Å². The number of carbonyl (C=O) groups is 3. The van der Waals surface area contributed by atoms with Gasteiger partial charge in [0, 0.05) is 12.2 Å². The van der Waals surface area contributed by atoms with Crippen LogP contribution < -0.4 is 15.5 Å². The maximum atomic E-state index is 12.9. The smallest absolute Gasteiger partial charge is 0.338 e.